The van der Waals surface area contributed by atoms with E-state index >= 15 is 0 Å². The number of ether oxygens (including phenoxy) is 1. The third-order valence-electron chi connectivity index (χ3n) is 4.47. The van der Waals surface area contributed by atoms with Crippen LogP contribution in [-0.2, 0) is 4.74 Å². The molecule has 25 heavy (non-hydrogen) atoms. The molecule has 0 unspecified atom stereocenters. The predicted molar refractivity (Wildman–Crippen MR) is 91.9 cm³/mol. The fourth-order valence-electron chi connectivity index (χ4n) is 3.30. The average molecular weight is 339 g/mol. The van der Waals surface area contributed by atoms with Crippen LogP contribution in [0.15, 0.2) is 36.5 Å². The summed E-state index contributed by atoms with van der Waals surface area (Å²) in [7, 11) is 1.31. The molecule has 1 N–H and O–H groups in total. The summed E-state index contributed by atoms with van der Waals surface area (Å²) in [5.74, 6) is 0.421. The van der Waals surface area contributed by atoms with Crippen molar-refractivity contribution >= 4 is 29.3 Å². The molecule has 2 aromatic rings. The van der Waals surface area contributed by atoms with E-state index in [1.165, 1.54) is 7.11 Å². The lowest BCUT2D eigenvalue weighted by atomic mass is 10.2. The van der Waals surface area contributed by atoms with Crippen LogP contribution >= 0.6 is 0 Å². The molecule has 1 atom stereocenters. The highest BCUT2D eigenvalue weighted by Crippen LogP contribution is 2.39. The number of carbonyl (C=O) groups is 2. The minimum absolute atomic E-state index is 0.0107. The van der Waals surface area contributed by atoms with Crippen LogP contribution in [0.4, 0.5) is 22.1 Å². The summed E-state index contributed by atoms with van der Waals surface area (Å²) >= 11 is 0. The summed E-state index contributed by atoms with van der Waals surface area (Å²) in [5.41, 5.74) is 1.02. The number of hydrogen-bond acceptors (Lipinski definition) is 6. The Labute approximate surface area is 144 Å². The molecule has 0 aromatic carbocycles. The third kappa shape index (κ3) is 2.65. The first-order valence-electron chi connectivity index (χ1n) is 8.03. The summed E-state index contributed by atoms with van der Waals surface area (Å²) in [6.07, 6.45) is 2.46. The number of carbonyl (C=O) groups excluding carboxylic acids is 2. The summed E-state index contributed by atoms with van der Waals surface area (Å²) < 4.78 is 4.74. The summed E-state index contributed by atoms with van der Waals surface area (Å²) in [6, 6.07) is 8.46. The number of amides is 2. The highest BCUT2D eigenvalue weighted by molar-refractivity contribution is 6.04. The number of nitrogens with one attached hydrogen (secondary N) is 1. The molecule has 8 heteroatoms. The lowest BCUT2D eigenvalue weighted by molar-refractivity contribution is 0.0594. The van der Waals surface area contributed by atoms with Crippen LogP contribution in [0.1, 0.15) is 16.9 Å². The monoisotopic (exact) mass is 339 g/mol. The molecule has 0 spiro atoms. The van der Waals surface area contributed by atoms with Crippen LogP contribution in [0.5, 0.6) is 0 Å². The number of anilines is 3. The van der Waals surface area contributed by atoms with Gasteiger partial charge in [0.25, 0.3) is 0 Å². The van der Waals surface area contributed by atoms with Gasteiger partial charge in [0.05, 0.1) is 18.8 Å². The molecule has 0 aliphatic carbocycles. The highest BCUT2D eigenvalue weighted by Gasteiger charge is 2.40. The molecule has 2 amide bonds. The molecule has 128 valence electrons. The molecular weight excluding hydrogens is 322 g/mol. The van der Waals surface area contributed by atoms with E-state index in [-0.39, 0.29) is 17.8 Å². The first-order chi connectivity index (χ1) is 12.2. The highest BCUT2D eigenvalue weighted by atomic mass is 16.5. The molecule has 0 saturated carbocycles. The Balaban J connectivity index is 1.71. The van der Waals surface area contributed by atoms with Crippen LogP contribution in [0.3, 0.4) is 0 Å². The van der Waals surface area contributed by atoms with Gasteiger partial charge in [-0.25, -0.2) is 19.6 Å². The topological polar surface area (TPSA) is 87.7 Å². The van der Waals surface area contributed by atoms with E-state index in [1.54, 1.807) is 35.4 Å². The van der Waals surface area contributed by atoms with Gasteiger partial charge in [-0.05, 0) is 30.7 Å². The van der Waals surface area contributed by atoms with E-state index in [4.69, 9.17) is 4.74 Å². The average Bonchev–Trinajstić information content (AvgIpc) is 3.06. The van der Waals surface area contributed by atoms with E-state index in [0.29, 0.717) is 11.6 Å². The maximum Gasteiger partial charge on any atom is 0.356 e. The zero-order chi connectivity index (χ0) is 17.4. The minimum Gasteiger partial charge on any atom is -0.464 e. The van der Waals surface area contributed by atoms with Crippen LogP contribution in [-0.4, -0.2) is 48.2 Å². The molecule has 8 nitrogen and oxygen atoms in total. The Kier molecular flexibility index (Phi) is 3.72. The number of methoxy groups -OCH3 is 1. The minimum atomic E-state index is -0.527. The first-order valence-corrected chi connectivity index (χ1v) is 8.03. The first kappa shape index (κ1) is 15.4. The van der Waals surface area contributed by atoms with Crippen LogP contribution in [0.25, 0.3) is 0 Å². The van der Waals surface area contributed by atoms with Gasteiger partial charge in [0.1, 0.15) is 5.82 Å². The molecule has 2 aromatic heterocycles. The van der Waals surface area contributed by atoms with Gasteiger partial charge in [0.2, 0.25) is 0 Å². The Morgan fingerprint density at radius 1 is 1.28 bits per heavy atom. The molecule has 1 fully saturated rings. The Morgan fingerprint density at radius 3 is 2.92 bits per heavy atom. The molecule has 1 saturated heterocycles. The quantitative estimate of drug-likeness (QED) is 0.841. The lowest BCUT2D eigenvalue weighted by Gasteiger charge is -2.35. The van der Waals surface area contributed by atoms with Crippen molar-refractivity contribution < 1.29 is 14.3 Å². The van der Waals surface area contributed by atoms with Crippen molar-refractivity contribution in [1.29, 1.82) is 0 Å². The smallest absolute Gasteiger partial charge is 0.356 e. The van der Waals surface area contributed by atoms with Crippen molar-refractivity contribution in [2.75, 3.05) is 35.3 Å². The van der Waals surface area contributed by atoms with Crippen LogP contribution < -0.4 is 15.1 Å². The van der Waals surface area contributed by atoms with Gasteiger partial charge in [-0.15, -0.1) is 0 Å². The summed E-state index contributed by atoms with van der Waals surface area (Å²) in [6.45, 7) is 1.60. The van der Waals surface area contributed by atoms with Gasteiger partial charge in [-0.3, -0.25) is 10.2 Å². The van der Waals surface area contributed by atoms with Gasteiger partial charge < -0.3 is 9.64 Å². The van der Waals surface area contributed by atoms with Crippen molar-refractivity contribution in [3.8, 4) is 0 Å². The number of fused-ring (bicyclic) bond motifs is 4. The van der Waals surface area contributed by atoms with Gasteiger partial charge in [-0.2, -0.15) is 0 Å². The maximum absolute atomic E-state index is 12.9. The second-order valence-electron chi connectivity index (χ2n) is 5.93. The molecule has 2 bridgehead atoms. The van der Waals surface area contributed by atoms with Crippen molar-refractivity contribution in [3.63, 3.8) is 0 Å². The standard InChI is InChI=1S/C17H17N5O3/c1-25-16(23)12-5-6-13-15(19-12)22(11-7-9-21(13)10-11)17(24)20-14-4-2-3-8-18-14/h2-6,8,11H,7,9-10H2,1H3,(H,18,20,24)/t11-/m0/s1. The van der Waals surface area contributed by atoms with E-state index in [0.717, 1.165) is 25.2 Å². The number of rotatable bonds is 2. The van der Waals surface area contributed by atoms with Gasteiger partial charge in [0.15, 0.2) is 11.5 Å². The van der Waals surface area contributed by atoms with Crippen molar-refractivity contribution in [3.05, 3.63) is 42.2 Å². The fourth-order valence-corrected chi connectivity index (χ4v) is 3.30. The van der Waals surface area contributed by atoms with Crippen molar-refractivity contribution in [2.45, 2.75) is 12.5 Å². The molecule has 0 radical (unpaired) electrons. The molecular formula is C17H17N5O3. The van der Waals surface area contributed by atoms with Crippen LogP contribution in [0.2, 0.25) is 0 Å². The number of esters is 1. The number of aromatic nitrogens is 2. The number of hydrogen-bond donors (Lipinski definition) is 1. The normalized spacial score (nSPS) is 17.9. The van der Waals surface area contributed by atoms with Crippen LogP contribution in [0, 0.1) is 0 Å². The molecule has 4 rings (SSSR count). The Hall–Kier alpha value is -3.16. The molecule has 4 heterocycles. The van der Waals surface area contributed by atoms with E-state index < -0.39 is 5.97 Å². The fraction of sp³-hybridized carbons (Fsp3) is 0.294. The Morgan fingerprint density at radius 2 is 2.16 bits per heavy atom. The predicted octanol–water partition coefficient (Wildman–Crippen LogP) is 1.89. The molecule has 2 aliphatic heterocycles. The second kappa shape index (κ2) is 6.04. The Bertz CT molecular complexity index is 826. The van der Waals surface area contributed by atoms with Crippen molar-refractivity contribution in [2.24, 2.45) is 0 Å². The molecule has 2 aliphatic rings. The summed E-state index contributed by atoms with van der Waals surface area (Å²) in [4.78, 5) is 37.0. The zero-order valence-electron chi connectivity index (χ0n) is 13.7. The lowest BCUT2D eigenvalue weighted by Crippen LogP contribution is -2.48. The van der Waals surface area contributed by atoms with Gasteiger partial charge >= 0.3 is 12.0 Å². The van der Waals surface area contributed by atoms with E-state index in [1.807, 2.05) is 6.07 Å². The number of nitrogens with zero attached hydrogens (tertiary/aromatic N) is 4. The third-order valence-corrected chi connectivity index (χ3v) is 4.47. The zero-order valence-corrected chi connectivity index (χ0v) is 13.7. The SMILES string of the molecule is COC(=O)c1ccc2c(n1)N(C(=O)Nc1ccccn1)[C@H]1CCN2C1. The van der Waals surface area contributed by atoms with E-state index in [9.17, 15) is 9.59 Å². The largest absolute Gasteiger partial charge is 0.464 e. The van der Waals surface area contributed by atoms with E-state index in [2.05, 4.69) is 20.2 Å². The van der Waals surface area contributed by atoms with Crippen molar-refractivity contribution in [1.82, 2.24) is 9.97 Å². The number of pyridine rings is 2. The van der Waals surface area contributed by atoms with Gasteiger partial charge in [-0.1, -0.05) is 6.07 Å². The number of urea groups is 1. The van der Waals surface area contributed by atoms with Gasteiger partial charge in [0, 0.05) is 19.3 Å². The maximum atomic E-state index is 12.9. The second-order valence-corrected chi connectivity index (χ2v) is 5.93. The summed E-state index contributed by atoms with van der Waals surface area (Å²) in [5, 5.41) is 2.80.